The molecule has 0 aliphatic heterocycles. The van der Waals surface area contributed by atoms with Gasteiger partial charge in [-0.25, -0.2) is 0 Å². The molecule has 1 aromatic carbocycles. The van der Waals surface area contributed by atoms with Gasteiger partial charge in [-0.15, -0.1) is 0 Å². The zero-order valence-electron chi connectivity index (χ0n) is 8.42. The van der Waals surface area contributed by atoms with E-state index in [4.69, 9.17) is 5.73 Å². The number of halogens is 4. The highest BCUT2D eigenvalue weighted by molar-refractivity contribution is 9.10. The smallest absolute Gasteiger partial charge is 0.391 e. The lowest BCUT2D eigenvalue weighted by atomic mass is 10.0. The molecule has 0 aliphatic carbocycles. The van der Waals surface area contributed by atoms with Crippen LogP contribution >= 0.6 is 15.9 Å². The lowest BCUT2D eigenvalue weighted by Gasteiger charge is -2.18. The number of benzene rings is 1. The second-order valence-corrected chi connectivity index (χ2v) is 4.35. The van der Waals surface area contributed by atoms with E-state index in [-0.39, 0.29) is 5.56 Å². The van der Waals surface area contributed by atoms with E-state index in [1.165, 1.54) is 13.0 Å². The molecule has 0 fully saturated rings. The second kappa shape index (κ2) is 4.73. The van der Waals surface area contributed by atoms with E-state index < -0.39 is 23.9 Å². The Morgan fingerprint density at radius 2 is 1.94 bits per heavy atom. The Hall–Kier alpha value is -0.590. The number of aliphatic hydroxyl groups excluding tert-OH is 1. The predicted molar refractivity (Wildman–Crippen MR) is 57.8 cm³/mol. The van der Waals surface area contributed by atoms with Crippen LogP contribution in [0.4, 0.5) is 13.2 Å². The Morgan fingerprint density at radius 1 is 1.38 bits per heavy atom. The summed E-state index contributed by atoms with van der Waals surface area (Å²) in [5.74, 6) is 0. The molecule has 1 rings (SSSR count). The van der Waals surface area contributed by atoms with Crippen molar-refractivity contribution in [3.05, 3.63) is 33.8 Å². The predicted octanol–water partition coefficient (Wildman–Crippen LogP) is 2.85. The van der Waals surface area contributed by atoms with Crippen LogP contribution in [-0.2, 0) is 6.18 Å². The van der Waals surface area contributed by atoms with Crippen molar-refractivity contribution in [2.75, 3.05) is 0 Å². The van der Waals surface area contributed by atoms with E-state index in [0.717, 1.165) is 12.1 Å². The van der Waals surface area contributed by atoms with E-state index in [1.54, 1.807) is 0 Å². The molecule has 0 saturated heterocycles. The van der Waals surface area contributed by atoms with Crippen molar-refractivity contribution in [1.82, 2.24) is 0 Å². The quantitative estimate of drug-likeness (QED) is 0.882. The third kappa shape index (κ3) is 2.96. The second-order valence-electron chi connectivity index (χ2n) is 3.50. The van der Waals surface area contributed by atoms with E-state index in [1.807, 2.05) is 0 Å². The van der Waals surface area contributed by atoms with Crippen LogP contribution in [0.5, 0.6) is 0 Å². The first-order valence-electron chi connectivity index (χ1n) is 4.53. The Kier molecular flexibility index (Phi) is 3.98. The molecule has 0 heterocycles. The van der Waals surface area contributed by atoms with Crippen molar-refractivity contribution in [2.24, 2.45) is 5.73 Å². The number of alkyl halides is 3. The van der Waals surface area contributed by atoms with Crippen molar-refractivity contribution in [2.45, 2.75) is 25.2 Å². The van der Waals surface area contributed by atoms with Crippen molar-refractivity contribution >= 4 is 15.9 Å². The van der Waals surface area contributed by atoms with Gasteiger partial charge in [-0.3, -0.25) is 0 Å². The van der Waals surface area contributed by atoms with Gasteiger partial charge in [0.05, 0.1) is 17.7 Å². The molecule has 0 spiro atoms. The Bertz CT molecular complexity index is 379. The first-order chi connectivity index (χ1) is 7.23. The fraction of sp³-hybridized carbons (Fsp3) is 0.400. The van der Waals surface area contributed by atoms with Crippen LogP contribution in [0.25, 0.3) is 0 Å². The molecule has 0 saturated carbocycles. The Morgan fingerprint density at radius 3 is 2.38 bits per heavy atom. The van der Waals surface area contributed by atoms with Crippen molar-refractivity contribution in [3.8, 4) is 0 Å². The summed E-state index contributed by atoms with van der Waals surface area (Å²) in [6.45, 7) is 1.43. The van der Waals surface area contributed by atoms with Gasteiger partial charge >= 0.3 is 6.18 Å². The molecular weight excluding hydrogens is 287 g/mol. The van der Waals surface area contributed by atoms with E-state index >= 15 is 0 Å². The molecule has 16 heavy (non-hydrogen) atoms. The van der Waals surface area contributed by atoms with Crippen LogP contribution in [0, 0.1) is 0 Å². The molecule has 1 aromatic rings. The maximum atomic E-state index is 12.4. The summed E-state index contributed by atoms with van der Waals surface area (Å²) in [6.07, 6.45) is -5.33. The molecule has 0 amide bonds. The fourth-order valence-electron chi connectivity index (χ4n) is 1.24. The summed E-state index contributed by atoms with van der Waals surface area (Å²) < 4.78 is 37.8. The van der Waals surface area contributed by atoms with Crippen LogP contribution < -0.4 is 5.73 Å². The van der Waals surface area contributed by atoms with Crippen LogP contribution in [0.3, 0.4) is 0 Å². The SMILES string of the molecule is C[C@H](O)[C@H](N)c1cc(C(F)(F)F)ccc1Br. The maximum absolute atomic E-state index is 12.4. The molecule has 0 unspecified atom stereocenters. The highest BCUT2D eigenvalue weighted by Gasteiger charge is 2.31. The molecule has 6 heteroatoms. The lowest BCUT2D eigenvalue weighted by molar-refractivity contribution is -0.137. The third-order valence-electron chi connectivity index (χ3n) is 2.20. The molecule has 0 bridgehead atoms. The first-order valence-corrected chi connectivity index (χ1v) is 5.33. The monoisotopic (exact) mass is 297 g/mol. The number of hydrogen-bond acceptors (Lipinski definition) is 2. The third-order valence-corrected chi connectivity index (χ3v) is 2.92. The summed E-state index contributed by atoms with van der Waals surface area (Å²) in [4.78, 5) is 0. The summed E-state index contributed by atoms with van der Waals surface area (Å²) in [7, 11) is 0. The summed E-state index contributed by atoms with van der Waals surface area (Å²) in [5, 5.41) is 9.27. The largest absolute Gasteiger partial charge is 0.416 e. The molecule has 3 N–H and O–H groups in total. The Labute approximate surface area is 99.4 Å². The van der Waals surface area contributed by atoms with Gasteiger partial charge in [-0.2, -0.15) is 13.2 Å². The van der Waals surface area contributed by atoms with Crippen LogP contribution in [0.2, 0.25) is 0 Å². The highest BCUT2D eigenvalue weighted by Crippen LogP contribution is 2.34. The zero-order chi connectivity index (χ0) is 12.5. The first kappa shape index (κ1) is 13.5. The van der Waals surface area contributed by atoms with Gasteiger partial charge in [-0.1, -0.05) is 15.9 Å². The van der Waals surface area contributed by atoms with Crippen molar-refractivity contribution < 1.29 is 18.3 Å². The molecule has 0 radical (unpaired) electrons. The topological polar surface area (TPSA) is 46.2 Å². The molecule has 0 aromatic heterocycles. The number of hydrogen-bond donors (Lipinski definition) is 2. The van der Waals surface area contributed by atoms with Gasteiger partial charge in [-0.05, 0) is 30.7 Å². The van der Waals surface area contributed by atoms with Gasteiger partial charge in [0.15, 0.2) is 0 Å². The Balaban J connectivity index is 3.19. The zero-order valence-corrected chi connectivity index (χ0v) is 10.0. The van der Waals surface area contributed by atoms with Crippen LogP contribution in [0.1, 0.15) is 24.1 Å². The van der Waals surface area contributed by atoms with Crippen molar-refractivity contribution in [1.29, 1.82) is 0 Å². The molecule has 2 atom stereocenters. The molecule has 0 aliphatic rings. The lowest BCUT2D eigenvalue weighted by Crippen LogP contribution is -2.24. The normalized spacial score (nSPS) is 15.9. The summed E-state index contributed by atoms with van der Waals surface area (Å²) >= 11 is 3.11. The van der Waals surface area contributed by atoms with Gasteiger partial charge in [0, 0.05) is 4.47 Å². The summed E-state index contributed by atoms with van der Waals surface area (Å²) in [6, 6.07) is 2.33. The fourth-order valence-corrected chi connectivity index (χ4v) is 1.75. The maximum Gasteiger partial charge on any atom is 0.416 e. The minimum atomic E-state index is -4.41. The molecule has 90 valence electrons. The van der Waals surface area contributed by atoms with Gasteiger partial charge in [0.25, 0.3) is 0 Å². The van der Waals surface area contributed by atoms with E-state index in [9.17, 15) is 18.3 Å². The van der Waals surface area contributed by atoms with Gasteiger partial charge in [0.1, 0.15) is 0 Å². The number of rotatable bonds is 2. The van der Waals surface area contributed by atoms with Crippen LogP contribution in [0.15, 0.2) is 22.7 Å². The number of aliphatic hydroxyl groups is 1. The average molecular weight is 298 g/mol. The minimum Gasteiger partial charge on any atom is -0.391 e. The average Bonchev–Trinajstić information content (AvgIpc) is 2.15. The summed E-state index contributed by atoms with van der Waals surface area (Å²) in [5.41, 5.74) is 5.07. The van der Waals surface area contributed by atoms with Crippen molar-refractivity contribution in [3.63, 3.8) is 0 Å². The van der Waals surface area contributed by atoms with E-state index in [2.05, 4.69) is 15.9 Å². The van der Waals surface area contributed by atoms with E-state index in [0.29, 0.717) is 4.47 Å². The molecule has 2 nitrogen and oxygen atoms in total. The molecular formula is C10H11BrF3NO. The van der Waals surface area contributed by atoms with Gasteiger partial charge in [0.2, 0.25) is 0 Å². The standard InChI is InChI=1S/C10H11BrF3NO/c1-5(16)9(15)7-4-6(10(12,13)14)2-3-8(7)11/h2-5,9,16H,15H2,1H3/t5-,9-/m0/s1. The minimum absolute atomic E-state index is 0.241. The van der Waals surface area contributed by atoms with Gasteiger partial charge < -0.3 is 10.8 Å². The number of nitrogens with two attached hydrogens (primary N) is 1. The highest BCUT2D eigenvalue weighted by atomic mass is 79.9. The van der Waals surface area contributed by atoms with Crippen LogP contribution in [-0.4, -0.2) is 11.2 Å².